The van der Waals surface area contributed by atoms with E-state index in [0.717, 1.165) is 30.3 Å². The number of rotatable bonds is 2. The Labute approximate surface area is 103 Å². The second-order valence-corrected chi connectivity index (χ2v) is 5.26. The van der Waals surface area contributed by atoms with Gasteiger partial charge in [0.2, 0.25) is 0 Å². The van der Waals surface area contributed by atoms with E-state index in [1.807, 2.05) is 19.1 Å². The van der Waals surface area contributed by atoms with Crippen molar-refractivity contribution in [2.45, 2.75) is 19.9 Å². The third kappa shape index (κ3) is 2.36. The molecular formula is C13H22N4. The van der Waals surface area contributed by atoms with Crippen molar-refractivity contribution in [2.24, 2.45) is 5.92 Å². The quantitative estimate of drug-likeness (QED) is 0.839. The molecule has 94 valence electrons. The fourth-order valence-electron chi connectivity index (χ4n) is 2.54. The highest BCUT2D eigenvalue weighted by molar-refractivity contribution is 5.51. The molecule has 0 saturated carbocycles. The molecule has 1 aromatic heterocycles. The van der Waals surface area contributed by atoms with Crippen molar-refractivity contribution in [3.8, 4) is 0 Å². The summed E-state index contributed by atoms with van der Waals surface area (Å²) in [4.78, 5) is 9.21. The van der Waals surface area contributed by atoms with Crippen molar-refractivity contribution < 1.29 is 0 Å². The Hall–Kier alpha value is -1.29. The Kier molecular flexibility index (Phi) is 3.24. The number of aryl methyl sites for hydroxylation is 1. The van der Waals surface area contributed by atoms with Gasteiger partial charge >= 0.3 is 0 Å². The van der Waals surface area contributed by atoms with Crippen LogP contribution in [0.3, 0.4) is 0 Å². The average molecular weight is 234 g/mol. The van der Waals surface area contributed by atoms with Gasteiger partial charge in [0.25, 0.3) is 0 Å². The van der Waals surface area contributed by atoms with E-state index in [9.17, 15) is 0 Å². The topological polar surface area (TPSA) is 45.4 Å². The molecule has 1 fully saturated rings. The zero-order valence-electron chi connectivity index (χ0n) is 11.1. The van der Waals surface area contributed by atoms with Crippen LogP contribution in [-0.4, -0.2) is 43.1 Å². The molecule has 2 rings (SSSR count). The third-order valence-electron chi connectivity index (χ3n) is 3.67. The first-order chi connectivity index (χ1) is 7.99. The van der Waals surface area contributed by atoms with Gasteiger partial charge in [-0.3, -0.25) is 0 Å². The summed E-state index contributed by atoms with van der Waals surface area (Å²) in [5, 5.41) is 0. The fourth-order valence-corrected chi connectivity index (χ4v) is 2.54. The lowest BCUT2D eigenvalue weighted by Gasteiger charge is -2.22. The highest BCUT2D eigenvalue weighted by atomic mass is 15.3. The number of likely N-dealkylation sites (N-methyl/N-ethyl adjacent to an activating group) is 1. The lowest BCUT2D eigenvalue weighted by molar-refractivity contribution is 0.266. The minimum Gasteiger partial charge on any atom is -0.397 e. The molecule has 2 N–H and O–H groups in total. The molecule has 4 heteroatoms. The molecule has 1 aliphatic rings. The maximum absolute atomic E-state index is 5.80. The zero-order chi connectivity index (χ0) is 12.6. The molecule has 1 saturated heterocycles. The van der Waals surface area contributed by atoms with E-state index in [2.05, 4.69) is 35.8 Å². The Bertz CT molecular complexity index is 402. The number of pyridine rings is 1. The summed E-state index contributed by atoms with van der Waals surface area (Å²) in [6.07, 6.45) is 0. The van der Waals surface area contributed by atoms with Gasteiger partial charge in [-0.2, -0.15) is 0 Å². The van der Waals surface area contributed by atoms with Gasteiger partial charge in [0.05, 0.1) is 11.4 Å². The molecule has 2 atom stereocenters. The molecule has 1 aromatic rings. The molecular weight excluding hydrogens is 212 g/mol. The number of aromatic nitrogens is 1. The van der Waals surface area contributed by atoms with Crippen LogP contribution in [-0.2, 0) is 0 Å². The lowest BCUT2D eigenvalue weighted by atomic mass is 10.1. The Morgan fingerprint density at radius 2 is 2.06 bits per heavy atom. The Morgan fingerprint density at radius 3 is 2.59 bits per heavy atom. The van der Waals surface area contributed by atoms with Crippen LogP contribution in [0.5, 0.6) is 0 Å². The number of nitrogen functional groups attached to an aromatic ring is 1. The predicted molar refractivity (Wildman–Crippen MR) is 72.2 cm³/mol. The van der Waals surface area contributed by atoms with Gasteiger partial charge in [-0.15, -0.1) is 0 Å². The van der Waals surface area contributed by atoms with Crippen molar-refractivity contribution in [1.82, 2.24) is 9.88 Å². The number of hydrogen-bond acceptors (Lipinski definition) is 4. The van der Waals surface area contributed by atoms with Crippen LogP contribution >= 0.6 is 0 Å². The normalized spacial score (nSPS) is 24.6. The molecule has 2 unspecified atom stereocenters. The second kappa shape index (κ2) is 4.53. The molecule has 2 heterocycles. The van der Waals surface area contributed by atoms with Crippen LogP contribution in [0.4, 0.5) is 11.5 Å². The van der Waals surface area contributed by atoms with Crippen LogP contribution in [0.15, 0.2) is 12.1 Å². The van der Waals surface area contributed by atoms with Gasteiger partial charge in [-0.25, -0.2) is 4.98 Å². The molecule has 0 radical (unpaired) electrons. The van der Waals surface area contributed by atoms with Crippen LogP contribution in [0.25, 0.3) is 0 Å². The Balaban J connectivity index is 2.17. The van der Waals surface area contributed by atoms with Crippen LogP contribution in [0.2, 0.25) is 0 Å². The molecule has 4 nitrogen and oxygen atoms in total. The fraction of sp³-hybridized carbons (Fsp3) is 0.615. The van der Waals surface area contributed by atoms with E-state index in [-0.39, 0.29) is 0 Å². The molecule has 0 amide bonds. The summed E-state index contributed by atoms with van der Waals surface area (Å²) in [7, 11) is 4.29. The summed E-state index contributed by atoms with van der Waals surface area (Å²) in [5.41, 5.74) is 7.49. The van der Waals surface area contributed by atoms with Gasteiger partial charge in [0, 0.05) is 19.1 Å². The van der Waals surface area contributed by atoms with Crippen molar-refractivity contribution in [1.29, 1.82) is 0 Å². The summed E-state index contributed by atoms with van der Waals surface area (Å²) in [5.74, 6) is 1.72. The Morgan fingerprint density at radius 1 is 1.35 bits per heavy atom. The van der Waals surface area contributed by atoms with Crippen LogP contribution in [0.1, 0.15) is 12.6 Å². The summed E-state index contributed by atoms with van der Waals surface area (Å²) >= 11 is 0. The summed E-state index contributed by atoms with van der Waals surface area (Å²) in [6.45, 7) is 6.38. The largest absolute Gasteiger partial charge is 0.397 e. The first kappa shape index (κ1) is 12.2. The van der Waals surface area contributed by atoms with Crippen LogP contribution in [0, 0.1) is 12.8 Å². The minimum absolute atomic E-state index is 0.606. The van der Waals surface area contributed by atoms with Gasteiger partial charge < -0.3 is 15.5 Å². The van der Waals surface area contributed by atoms with Gasteiger partial charge in [-0.05, 0) is 39.1 Å². The number of nitrogens with two attached hydrogens (primary N) is 1. The van der Waals surface area contributed by atoms with E-state index in [4.69, 9.17) is 5.73 Å². The van der Waals surface area contributed by atoms with E-state index >= 15 is 0 Å². The molecule has 1 aliphatic heterocycles. The molecule has 0 bridgehead atoms. The highest BCUT2D eigenvalue weighted by Gasteiger charge is 2.31. The number of hydrogen-bond donors (Lipinski definition) is 1. The van der Waals surface area contributed by atoms with Gasteiger partial charge in [-0.1, -0.05) is 6.92 Å². The maximum Gasteiger partial charge on any atom is 0.129 e. The zero-order valence-corrected chi connectivity index (χ0v) is 11.1. The predicted octanol–water partition coefficient (Wildman–Crippen LogP) is 1.36. The smallest absolute Gasteiger partial charge is 0.129 e. The summed E-state index contributed by atoms with van der Waals surface area (Å²) < 4.78 is 0. The van der Waals surface area contributed by atoms with Gasteiger partial charge in [0.1, 0.15) is 5.82 Å². The van der Waals surface area contributed by atoms with Gasteiger partial charge in [0.15, 0.2) is 0 Å². The monoisotopic (exact) mass is 234 g/mol. The lowest BCUT2D eigenvalue weighted by Crippen LogP contribution is -2.34. The second-order valence-electron chi connectivity index (χ2n) is 5.26. The summed E-state index contributed by atoms with van der Waals surface area (Å²) in [6, 6.07) is 4.58. The standard InChI is InChI=1S/C13H22N4/c1-9-7-17(8-12(9)16(3)4)13-6-5-11(14)10(2)15-13/h5-6,9,12H,7-8,14H2,1-4H3. The van der Waals surface area contributed by atoms with Crippen molar-refractivity contribution >= 4 is 11.5 Å². The first-order valence-corrected chi connectivity index (χ1v) is 6.13. The third-order valence-corrected chi connectivity index (χ3v) is 3.67. The molecule has 0 aliphatic carbocycles. The van der Waals surface area contributed by atoms with Crippen molar-refractivity contribution in [3.63, 3.8) is 0 Å². The SMILES string of the molecule is Cc1nc(N2CC(C)C(N(C)C)C2)ccc1N. The number of nitrogens with zero attached hydrogens (tertiary/aromatic N) is 3. The maximum atomic E-state index is 5.80. The van der Waals surface area contributed by atoms with E-state index in [0.29, 0.717) is 12.0 Å². The van der Waals surface area contributed by atoms with E-state index in [1.165, 1.54) is 0 Å². The van der Waals surface area contributed by atoms with Crippen molar-refractivity contribution in [3.05, 3.63) is 17.8 Å². The first-order valence-electron chi connectivity index (χ1n) is 6.13. The molecule has 17 heavy (non-hydrogen) atoms. The number of anilines is 2. The van der Waals surface area contributed by atoms with Crippen molar-refractivity contribution in [2.75, 3.05) is 37.8 Å². The minimum atomic E-state index is 0.606. The molecule has 0 spiro atoms. The highest BCUT2D eigenvalue weighted by Crippen LogP contribution is 2.25. The van der Waals surface area contributed by atoms with E-state index < -0.39 is 0 Å². The average Bonchev–Trinajstić information content (AvgIpc) is 2.64. The molecule has 0 aromatic carbocycles. The van der Waals surface area contributed by atoms with Crippen LogP contribution < -0.4 is 10.6 Å². The van der Waals surface area contributed by atoms with E-state index in [1.54, 1.807) is 0 Å².